The van der Waals surface area contributed by atoms with Crippen molar-refractivity contribution in [1.29, 1.82) is 0 Å². The van der Waals surface area contributed by atoms with Crippen LogP contribution in [0.5, 0.6) is 0 Å². The fourth-order valence-electron chi connectivity index (χ4n) is 1.88. The first-order valence-corrected chi connectivity index (χ1v) is 5.75. The van der Waals surface area contributed by atoms with E-state index in [0.29, 0.717) is 6.54 Å². The van der Waals surface area contributed by atoms with Crippen molar-refractivity contribution in [2.24, 2.45) is 0 Å². The van der Waals surface area contributed by atoms with E-state index >= 15 is 0 Å². The highest BCUT2D eigenvalue weighted by Crippen LogP contribution is 2.27. The molecule has 1 rings (SSSR count). The van der Waals surface area contributed by atoms with E-state index in [4.69, 9.17) is 4.74 Å². The number of nitrogens with zero attached hydrogens (tertiary/aromatic N) is 1. The Morgan fingerprint density at radius 3 is 2.50 bits per heavy atom. The normalized spacial score (nSPS) is 26.4. The fourth-order valence-corrected chi connectivity index (χ4v) is 1.88. The van der Waals surface area contributed by atoms with Crippen molar-refractivity contribution in [2.45, 2.75) is 58.1 Å². The molecule has 1 heterocycles. The van der Waals surface area contributed by atoms with Crippen LogP contribution < -0.4 is 0 Å². The van der Waals surface area contributed by atoms with Crippen LogP contribution in [0.2, 0.25) is 0 Å². The molecule has 0 saturated carbocycles. The molecular weight excluding hydrogens is 206 g/mol. The van der Waals surface area contributed by atoms with Crippen LogP contribution in [-0.4, -0.2) is 35.0 Å². The summed E-state index contributed by atoms with van der Waals surface area (Å²) in [7, 11) is 0. The highest BCUT2D eigenvalue weighted by molar-refractivity contribution is 5.76. The summed E-state index contributed by atoms with van der Waals surface area (Å²) in [6, 6.07) is 0. The molecule has 1 saturated heterocycles. The van der Waals surface area contributed by atoms with Crippen molar-refractivity contribution < 1.29 is 14.3 Å². The van der Waals surface area contributed by atoms with Gasteiger partial charge in [0, 0.05) is 6.54 Å². The number of carbonyl (C=O) groups is 2. The van der Waals surface area contributed by atoms with Crippen LogP contribution in [0, 0.1) is 0 Å². The molecule has 0 aromatic heterocycles. The van der Waals surface area contributed by atoms with Crippen molar-refractivity contribution in [1.82, 2.24) is 4.90 Å². The second-order valence-corrected chi connectivity index (χ2v) is 5.56. The summed E-state index contributed by atoms with van der Waals surface area (Å²) in [5.41, 5.74) is -1.21. The first-order valence-electron chi connectivity index (χ1n) is 5.75. The van der Waals surface area contributed by atoms with Crippen LogP contribution in [0.25, 0.3) is 0 Å². The predicted octanol–water partition coefficient (Wildman–Crippen LogP) is 2.37. The van der Waals surface area contributed by atoms with Crippen LogP contribution in [0.15, 0.2) is 0 Å². The van der Waals surface area contributed by atoms with Gasteiger partial charge in [0.15, 0.2) is 0 Å². The Balaban J connectivity index is 2.76. The van der Waals surface area contributed by atoms with Crippen LogP contribution >= 0.6 is 0 Å². The maximum atomic E-state index is 11.9. The van der Waals surface area contributed by atoms with Gasteiger partial charge in [-0.2, -0.15) is 0 Å². The minimum Gasteiger partial charge on any atom is -0.444 e. The number of carbonyl (C=O) groups excluding carboxylic acids is 2. The average Bonchev–Trinajstić information content (AvgIpc) is 2.15. The zero-order chi connectivity index (χ0) is 12.4. The molecule has 1 aliphatic heterocycles. The Morgan fingerprint density at radius 2 is 2.00 bits per heavy atom. The third-order valence-electron chi connectivity index (χ3n) is 2.80. The molecule has 0 bridgehead atoms. The lowest BCUT2D eigenvalue weighted by atomic mass is 9.90. The molecular formula is C12H21NO3. The van der Waals surface area contributed by atoms with Gasteiger partial charge in [0.05, 0.1) is 5.54 Å². The van der Waals surface area contributed by atoms with E-state index in [-0.39, 0.29) is 6.09 Å². The van der Waals surface area contributed by atoms with Crippen molar-refractivity contribution in [2.75, 3.05) is 6.54 Å². The van der Waals surface area contributed by atoms with E-state index in [1.807, 2.05) is 20.8 Å². The van der Waals surface area contributed by atoms with Crippen molar-refractivity contribution in [3.05, 3.63) is 0 Å². The number of likely N-dealkylation sites (tertiary alicyclic amines) is 1. The Labute approximate surface area is 96.9 Å². The third-order valence-corrected chi connectivity index (χ3v) is 2.80. The second kappa shape index (κ2) is 4.44. The van der Waals surface area contributed by atoms with E-state index in [0.717, 1.165) is 25.5 Å². The number of ether oxygens (including phenoxy) is 1. The van der Waals surface area contributed by atoms with Crippen molar-refractivity contribution >= 4 is 12.4 Å². The maximum Gasteiger partial charge on any atom is 0.411 e. The Morgan fingerprint density at radius 1 is 1.38 bits per heavy atom. The lowest BCUT2D eigenvalue weighted by Crippen LogP contribution is -2.55. The molecule has 0 N–H and O–H groups in total. The monoisotopic (exact) mass is 227 g/mol. The van der Waals surface area contributed by atoms with Gasteiger partial charge in [-0.25, -0.2) is 4.79 Å². The smallest absolute Gasteiger partial charge is 0.411 e. The lowest BCUT2D eigenvalue weighted by Gasteiger charge is -2.41. The Kier molecular flexibility index (Phi) is 3.61. The van der Waals surface area contributed by atoms with Gasteiger partial charge in [-0.3, -0.25) is 4.90 Å². The molecule has 4 heteroatoms. The van der Waals surface area contributed by atoms with Crippen LogP contribution in [0.4, 0.5) is 4.79 Å². The minimum absolute atomic E-state index is 0.387. The van der Waals surface area contributed by atoms with E-state index in [1.165, 1.54) is 0 Å². The third kappa shape index (κ3) is 2.97. The number of amides is 1. The summed E-state index contributed by atoms with van der Waals surface area (Å²) in [6.07, 6.45) is 3.10. The van der Waals surface area contributed by atoms with E-state index in [9.17, 15) is 9.59 Å². The quantitative estimate of drug-likeness (QED) is 0.646. The molecule has 1 atom stereocenters. The van der Waals surface area contributed by atoms with Crippen molar-refractivity contribution in [3.8, 4) is 0 Å². The van der Waals surface area contributed by atoms with Gasteiger partial charge in [-0.05, 0) is 47.0 Å². The topological polar surface area (TPSA) is 46.6 Å². The largest absolute Gasteiger partial charge is 0.444 e. The maximum absolute atomic E-state index is 11.9. The molecule has 92 valence electrons. The predicted molar refractivity (Wildman–Crippen MR) is 61.3 cm³/mol. The summed E-state index contributed by atoms with van der Waals surface area (Å²) >= 11 is 0. The summed E-state index contributed by atoms with van der Waals surface area (Å²) in [5, 5.41) is 0. The standard InChI is InChI=1S/C12H21NO3/c1-11(2,3)16-10(15)13-8-6-5-7-12(13,4)9-14/h9H,5-8H2,1-4H3. The minimum atomic E-state index is -0.694. The number of aldehydes is 1. The highest BCUT2D eigenvalue weighted by Gasteiger charge is 2.39. The van der Waals surface area contributed by atoms with E-state index in [1.54, 1.807) is 11.8 Å². The molecule has 0 spiro atoms. The number of hydrogen-bond donors (Lipinski definition) is 0. The number of piperidine rings is 1. The molecule has 0 aromatic rings. The summed E-state index contributed by atoms with van der Waals surface area (Å²) < 4.78 is 5.30. The molecule has 0 radical (unpaired) electrons. The SMILES string of the molecule is CC(C)(C)OC(=O)N1CCCCC1(C)C=O. The van der Waals surface area contributed by atoms with Gasteiger partial charge in [0.25, 0.3) is 0 Å². The van der Waals surface area contributed by atoms with Gasteiger partial charge in [0.1, 0.15) is 11.9 Å². The lowest BCUT2D eigenvalue weighted by molar-refractivity contribution is -0.119. The Hall–Kier alpha value is -1.06. The molecule has 1 fully saturated rings. The highest BCUT2D eigenvalue weighted by atomic mass is 16.6. The second-order valence-electron chi connectivity index (χ2n) is 5.56. The first-order chi connectivity index (χ1) is 7.28. The Bertz CT molecular complexity index is 282. The zero-order valence-electron chi connectivity index (χ0n) is 10.6. The number of rotatable bonds is 1. The molecule has 16 heavy (non-hydrogen) atoms. The van der Waals surface area contributed by atoms with Gasteiger partial charge < -0.3 is 9.53 Å². The summed E-state index contributed by atoms with van der Waals surface area (Å²) in [6.45, 7) is 7.88. The first kappa shape index (κ1) is 13.0. The van der Waals surface area contributed by atoms with Gasteiger partial charge in [-0.15, -0.1) is 0 Å². The van der Waals surface area contributed by atoms with Gasteiger partial charge in [0.2, 0.25) is 0 Å². The fraction of sp³-hybridized carbons (Fsp3) is 0.833. The molecule has 1 amide bonds. The van der Waals surface area contributed by atoms with E-state index < -0.39 is 11.1 Å². The average molecular weight is 227 g/mol. The van der Waals surface area contributed by atoms with Crippen molar-refractivity contribution in [3.63, 3.8) is 0 Å². The van der Waals surface area contributed by atoms with Gasteiger partial charge in [-0.1, -0.05) is 0 Å². The van der Waals surface area contributed by atoms with Crippen LogP contribution in [0.1, 0.15) is 47.0 Å². The molecule has 0 aromatic carbocycles. The van der Waals surface area contributed by atoms with E-state index in [2.05, 4.69) is 0 Å². The van der Waals surface area contributed by atoms with Crippen LogP contribution in [0.3, 0.4) is 0 Å². The number of hydrogen-bond acceptors (Lipinski definition) is 3. The molecule has 0 aliphatic carbocycles. The molecule has 1 aliphatic rings. The molecule has 1 unspecified atom stereocenters. The molecule has 4 nitrogen and oxygen atoms in total. The summed E-state index contributed by atoms with van der Waals surface area (Å²) in [4.78, 5) is 24.6. The van der Waals surface area contributed by atoms with Crippen LogP contribution in [-0.2, 0) is 9.53 Å². The summed E-state index contributed by atoms with van der Waals surface area (Å²) in [5.74, 6) is 0. The zero-order valence-corrected chi connectivity index (χ0v) is 10.6. The van der Waals surface area contributed by atoms with Gasteiger partial charge >= 0.3 is 6.09 Å².